The number of rotatable bonds is 18. The lowest BCUT2D eigenvalue weighted by molar-refractivity contribution is 0.228. The molecule has 0 aliphatic rings. The van der Waals surface area contributed by atoms with Gasteiger partial charge in [-0.1, -0.05) is 90.4 Å². The fourth-order valence-corrected chi connectivity index (χ4v) is 3.27. The van der Waals surface area contributed by atoms with Crippen LogP contribution in [0.3, 0.4) is 0 Å². The first-order chi connectivity index (χ1) is 12.9. The van der Waals surface area contributed by atoms with Gasteiger partial charge in [-0.15, -0.1) is 0 Å². The van der Waals surface area contributed by atoms with Crippen molar-refractivity contribution in [2.45, 2.75) is 103 Å². The zero-order chi connectivity index (χ0) is 18.7. The molecule has 2 radical (unpaired) electrons. The minimum Gasteiger partial charge on any atom is -0.494 e. The van der Waals surface area contributed by atoms with E-state index in [4.69, 9.17) is 9.47 Å². The van der Waals surface area contributed by atoms with Gasteiger partial charge in [0.25, 0.3) is 0 Å². The smallest absolute Gasteiger partial charge is 0.120 e. The SMILES string of the molecule is [CH2]OCc1c[c]cc(OCCCCCCCCCCCCCCCC)c1. The summed E-state index contributed by atoms with van der Waals surface area (Å²) in [4.78, 5) is 0. The molecule has 0 bridgehead atoms. The maximum absolute atomic E-state index is 5.79. The third kappa shape index (κ3) is 13.2. The first-order valence-corrected chi connectivity index (χ1v) is 10.9. The first-order valence-electron chi connectivity index (χ1n) is 10.9. The number of benzene rings is 1. The van der Waals surface area contributed by atoms with Crippen LogP contribution in [0.25, 0.3) is 0 Å². The zero-order valence-corrected chi connectivity index (χ0v) is 17.1. The van der Waals surface area contributed by atoms with Gasteiger partial charge < -0.3 is 9.47 Å². The van der Waals surface area contributed by atoms with Crippen LogP contribution in [0, 0.1) is 13.2 Å². The number of hydrogen-bond acceptors (Lipinski definition) is 2. The Kier molecular flexibility index (Phi) is 15.4. The monoisotopic (exact) mass is 360 g/mol. The molecule has 0 saturated heterocycles. The second-order valence-corrected chi connectivity index (χ2v) is 7.37. The molecule has 0 aliphatic heterocycles. The van der Waals surface area contributed by atoms with E-state index in [1.807, 2.05) is 18.2 Å². The number of hydrogen-bond donors (Lipinski definition) is 0. The molecule has 26 heavy (non-hydrogen) atoms. The molecule has 1 aromatic carbocycles. The van der Waals surface area contributed by atoms with E-state index in [1.165, 1.54) is 83.5 Å². The van der Waals surface area contributed by atoms with Crippen LogP contribution in [-0.4, -0.2) is 6.61 Å². The molecule has 0 amide bonds. The third-order valence-corrected chi connectivity index (χ3v) is 4.86. The fraction of sp³-hybridized carbons (Fsp3) is 0.708. The topological polar surface area (TPSA) is 18.5 Å². The van der Waals surface area contributed by atoms with Crippen LogP contribution in [0.1, 0.15) is 102 Å². The van der Waals surface area contributed by atoms with Gasteiger partial charge in [0.15, 0.2) is 0 Å². The Morgan fingerprint density at radius 1 is 0.769 bits per heavy atom. The van der Waals surface area contributed by atoms with E-state index in [1.54, 1.807) is 0 Å². The summed E-state index contributed by atoms with van der Waals surface area (Å²) < 4.78 is 10.7. The largest absolute Gasteiger partial charge is 0.494 e. The van der Waals surface area contributed by atoms with E-state index in [-0.39, 0.29) is 0 Å². The predicted octanol–water partition coefficient (Wildman–Crippen LogP) is 7.66. The Bertz CT molecular complexity index is 416. The summed E-state index contributed by atoms with van der Waals surface area (Å²) in [7, 11) is 3.40. The molecular formula is C24H40O2. The maximum Gasteiger partial charge on any atom is 0.120 e. The molecule has 1 rings (SSSR count). The van der Waals surface area contributed by atoms with Crippen molar-refractivity contribution in [1.29, 1.82) is 0 Å². The van der Waals surface area contributed by atoms with Crippen LogP contribution in [0.2, 0.25) is 0 Å². The first kappa shape index (κ1) is 23.0. The summed E-state index contributed by atoms with van der Waals surface area (Å²) in [5.74, 6) is 0.884. The van der Waals surface area contributed by atoms with Gasteiger partial charge in [-0.05, 0) is 36.2 Å². The van der Waals surface area contributed by atoms with E-state index in [0.717, 1.165) is 24.3 Å². The number of ether oxygens (including phenoxy) is 2. The van der Waals surface area contributed by atoms with Gasteiger partial charge in [0.2, 0.25) is 0 Å². The van der Waals surface area contributed by atoms with E-state index >= 15 is 0 Å². The standard InChI is InChI=1S/C24H40O2/c1-3-4-5-6-7-8-9-10-11-12-13-14-15-16-20-26-24-19-17-18-23(21-24)22-25-2/h18-19,21H,2-16,20,22H2,1H3. The quantitative estimate of drug-likeness (QED) is 0.250. The van der Waals surface area contributed by atoms with Crippen LogP contribution in [-0.2, 0) is 11.3 Å². The van der Waals surface area contributed by atoms with Crippen LogP contribution in [0.4, 0.5) is 0 Å². The Morgan fingerprint density at radius 2 is 1.31 bits per heavy atom. The van der Waals surface area contributed by atoms with Gasteiger partial charge in [-0.2, -0.15) is 0 Å². The van der Waals surface area contributed by atoms with Crippen LogP contribution in [0.15, 0.2) is 18.2 Å². The fourth-order valence-electron chi connectivity index (χ4n) is 3.27. The Morgan fingerprint density at radius 3 is 1.85 bits per heavy atom. The molecule has 0 atom stereocenters. The molecule has 2 heteroatoms. The minimum atomic E-state index is 0.507. The highest BCUT2D eigenvalue weighted by atomic mass is 16.5. The molecule has 0 N–H and O–H groups in total. The van der Waals surface area contributed by atoms with Gasteiger partial charge in [0, 0.05) is 0 Å². The molecule has 0 spiro atoms. The second-order valence-electron chi connectivity index (χ2n) is 7.37. The molecule has 0 saturated carbocycles. The average molecular weight is 361 g/mol. The van der Waals surface area contributed by atoms with Crippen molar-refractivity contribution in [2.24, 2.45) is 0 Å². The van der Waals surface area contributed by atoms with E-state index in [9.17, 15) is 0 Å². The summed E-state index contributed by atoms with van der Waals surface area (Å²) in [5.41, 5.74) is 1.05. The van der Waals surface area contributed by atoms with E-state index < -0.39 is 0 Å². The minimum absolute atomic E-state index is 0.507. The lowest BCUT2D eigenvalue weighted by Gasteiger charge is -2.07. The normalized spacial score (nSPS) is 11.0. The van der Waals surface area contributed by atoms with Crippen molar-refractivity contribution < 1.29 is 9.47 Å². The zero-order valence-electron chi connectivity index (χ0n) is 17.1. The molecule has 0 fully saturated rings. The predicted molar refractivity (Wildman–Crippen MR) is 111 cm³/mol. The lowest BCUT2D eigenvalue weighted by atomic mass is 10.0. The summed E-state index contributed by atoms with van der Waals surface area (Å²) in [6, 6.07) is 8.88. The maximum atomic E-state index is 5.79. The molecule has 148 valence electrons. The Hall–Kier alpha value is -1.02. The Balaban J connectivity index is 1.83. The second kappa shape index (κ2) is 17.4. The summed E-state index contributed by atoms with van der Waals surface area (Å²) in [5, 5.41) is 0. The highest BCUT2D eigenvalue weighted by Gasteiger charge is 1.98. The van der Waals surface area contributed by atoms with Gasteiger partial charge >= 0.3 is 0 Å². The lowest BCUT2D eigenvalue weighted by Crippen LogP contribution is -1.98. The van der Waals surface area contributed by atoms with Crippen LogP contribution in [0.5, 0.6) is 5.75 Å². The van der Waals surface area contributed by atoms with Gasteiger partial charge in [0.05, 0.1) is 20.3 Å². The molecular weight excluding hydrogens is 320 g/mol. The van der Waals surface area contributed by atoms with Crippen LogP contribution < -0.4 is 4.74 Å². The Labute approximate surface area is 162 Å². The third-order valence-electron chi connectivity index (χ3n) is 4.86. The van der Waals surface area contributed by atoms with Crippen molar-refractivity contribution in [3.63, 3.8) is 0 Å². The van der Waals surface area contributed by atoms with Gasteiger partial charge in [0.1, 0.15) is 5.75 Å². The van der Waals surface area contributed by atoms with Crippen LogP contribution >= 0.6 is 0 Å². The van der Waals surface area contributed by atoms with Gasteiger partial charge in [-0.25, -0.2) is 0 Å². The van der Waals surface area contributed by atoms with E-state index in [0.29, 0.717) is 6.61 Å². The molecule has 0 aromatic heterocycles. The highest BCUT2D eigenvalue weighted by Crippen LogP contribution is 2.15. The molecule has 0 heterocycles. The number of unbranched alkanes of at least 4 members (excludes halogenated alkanes) is 13. The molecule has 2 nitrogen and oxygen atoms in total. The van der Waals surface area contributed by atoms with Crippen molar-refractivity contribution in [1.82, 2.24) is 0 Å². The average Bonchev–Trinajstić information content (AvgIpc) is 2.65. The van der Waals surface area contributed by atoms with Crippen molar-refractivity contribution in [2.75, 3.05) is 6.61 Å². The van der Waals surface area contributed by atoms with E-state index in [2.05, 4.69) is 20.1 Å². The van der Waals surface area contributed by atoms with Crippen molar-refractivity contribution in [3.8, 4) is 5.75 Å². The van der Waals surface area contributed by atoms with Crippen molar-refractivity contribution in [3.05, 3.63) is 36.9 Å². The summed E-state index contributed by atoms with van der Waals surface area (Å²) in [6.07, 6.45) is 19.3. The molecule has 0 aliphatic carbocycles. The highest BCUT2D eigenvalue weighted by molar-refractivity contribution is 5.27. The molecule has 0 unspecified atom stereocenters. The van der Waals surface area contributed by atoms with Crippen molar-refractivity contribution >= 4 is 0 Å². The summed E-state index contributed by atoms with van der Waals surface area (Å²) >= 11 is 0. The van der Waals surface area contributed by atoms with Gasteiger partial charge in [-0.3, -0.25) is 0 Å². The molecule has 1 aromatic rings. The summed E-state index contributed by atoms with van der Waals surface area (Å²) in [6.45, 7) is 3.58.